The van der Waals surface area contributed by atoms with Crippen molar-refractivity contribution in [2.75, 3.05) is 6.61 Å². The summed E-state index contributed by atoms with van der Waals surface area (Å²) in [5.41, 5.74) is 3.70. The first-order valence-electron chi connectivity index (χ1n) is 6.27. The van der Waals surface area contributed by atoms with Gasteiger partial charge in [-0.3, -0.25) is 0 Å². The number of rotatable bonds is 4. The van der Waals surface area contributed by atoms with Gasteiger partial charge in [0.2, 0.25) is 0 Å². The van der Waals surface area contributed by atoms with E-state index in [4.69, 9.17) is 4.74 Å². The number of hydrogen-bond acceptors (Lipinski definition) is 2. The van der Waals surface area contributed by atoms with Gasteiger partial charge in [-0.1, -0.05) is 12.1 Å². The van der Waals surface area contributed by atoms with Crippen LogP contribution in [-0.2, 0) is 6.54 Å². The van der Waals surface area contributed by atoms with Gasteiger partial charge in [0.15, 0.2) is 0 Å². The lowest BCUT2D eigenvalue weighted by atomic mass is 10.1. The predicted molar refractivity (Wildman–Crippen MR) is 73.1 cm³/mol. The third-order valence-corrected chi connectivity index (χ3v) is 3.38. The molecule has 0 aliphatic rings. The Morgan fingerprint density at radius 1 is 1.11 bits per heavy atom. The highest BCUT2D eigenvalue weighted by molar-refractivity contribution is 5.44. The first kappa shape index (κ1) is 12.7. The van der Waals surface area contributed by atoms with Gasteiger partial charge in [0.25, 0.3) is 0 Å². The molecule has 1 heterocycles. The van der Waals surface area contributed by atoms with Crippen LogP contribution in [0.3, 0.4) is 0 Å². The van der Waals surface area contributed by atoms with E-state index in [1.165, 1.54) is 16.7 Å². The Labute approximate surface area is 108 Å². The Hall–Kier alpha value is -1.77. The van der Waals surface area contributed by atoms with Crippen LogP contribution in [0.25, 0.3) is 0 Å². The van der Waals surface area contributed by atoms with E-state index in [2.05, 4.69) is 42.5 Å². The van der Waals surface area contributed by atoms with Gasteiger partial charge in [0.05, 0.1) is 6.54 Å². The van der Waals surface area contributed by atoms with Crippen molar-refractivity contribution in [3.8, 4) is 5.75 Å². The molecule has 1 aromatic heterocycles. The van der Waals surface area contributed by atoms with E-state index in [0.717, 1.165) is 18.1 Å². The summed E-state index contributed by atoms with van der Waals surface area (Å²) in [5, 5.41) is 0. The lowest BCUT2D eigenvalue weighted by Gasteiger charge is -2.14. The van der Waals surface area contributed by atoms with E-state index >= 15 is 0 Å². The number of nitrogens with zero attached hydrogens (tertiary/aromatic N) is 2. The molecule has 3 heteroatoms. The van der Waals surface area contributed by atoms with E-state index in [1.54, 1.807) is 0 Å². The van der Waals surface area contributed by atoms with Crippen LogP contribution in [0.5, 0.6) is 5.75 Å². The van der Waals surface area contributed by atoms with Crippen LogP contribution < -0.4 is 4.74 Å². The summed E-state index contributed by atoms with van der Waals surface area (Å²) in [7, 11) is 0. The second-order valence-corrected chi connectivity index (χ2v) is 4.67. The van der Waals surface area contributed by atoms with Crippen LogP contribution >= 0.6 is 0 Å². The van der Waals surface area contributed by atoms with Crippen LogP contribution in [0.15, 0.2) is 24.5 Å². The predicted octanol–water partition coefficient (Wildman–Crippen LogP) is 3.20. The second-order valence-electron chi connectivity index (χ2n) is 4.67. The molecule has 0 aliphatic heterocycles. The lowest BCUT2D eigenvalue weighted by Crippen LogP contribution is -2.10. The van der Waals surface area contributed by atoms with E-state index in [9.17, 15) is 0 Å². The molecule has 2 rings (SSSR count). The standard InChI is InChI=1S/C15H20N2O/c1-11-5-6-12(2)15(13(11)3)18-10-9-17-8-7-16-14(17)4/h5-8H,9-10H2,1-4H3. The molecule has 0 bridgehead atoms. The maximum absolute atomic E-state index is 5.93. The normalized spacial score (nSPS) is 10.7. The molecule has 0 spiro atoms. The largest absolute Gasteiger partial charge is 0.491 e. The molecule has 0 radical (unpaired) electrons. The van der Waals surface area contributed by atoms with Crippen molar-refractivity contribution in [1.82, 2.24) is 9.55 Å². The molecule has 0 atom stereocenters. The maximum Gasteiger partial charge on any atom is 0.125 e. The zero-order valence-corrected chi connectivity index (χ0v) is 11.5. The molecule has 0 N–H and O–H groups in total. The third-order valence-electron chi connectivity index (χ3n) is 3.38. The minimum Gasteiger partial charge on any atom is -0.491 e. The van der Waals surface area contributed by atoms with E-state index in [0.29, 0.717) is 6.61 Å². The smallest absolute Gasteiger partial charge is 0.125 e. The lowest BCUT2D eigenvalue weighted by molar-refractivity contribution is 0.293. The molecule has 0 fully saturated rings. The van der Waals surface area contributed by atoms with Crippen LogP contribution in [0.1, 0.15) is 22.5 Å². The van der Waals surface area contributed by atoms with Crippen molar-refractivity contribution >= 4 is 0 Å². The highest BCUT2D eigenvalue weighted by atomic mass is 16.5. The molecule has 0 amide bonds. The summed E-state index contributed by atoms with van der Waals surface area (Å²) in [4.78, 5) is 4.20. The fourth-order valence-electron chi connectivity index (χ4n) is 2.03. The SMILES string of the molecule is Cc1ccc(C)c(OCCn2ccnc2C)c1C. The van der Waals surface area contributed by atoms with Gasteiger partial charge in [0, 0.05) is 12.4 Å². The molecule has 2 aromatic rings. The number of aryl methyl sites for hydroxylation is 3. The minimum atomic E-state index is 0.669. The average molecular weight is 244 g/mol. The van der Waals surface area contributed by atoms with E-state index in [-0.39, 0.29) is 0 Å². The topological polar surface area (TPSA) is 27.1 Å². The Morgan fingerprint density at radius 2 is 1.83 bits per heavy atom. The summed E-state index contributed by atoms with van der Waals surface area (Å²) in [6.45, 7) is 9.82. The molecule has 18 heavy (non-hydrogen) atoms. The zero-order valence-electron chi connectivity index (χ0n) is 11.5. The van der Waals surface area contributed by atoms with Gasteiger partial charge in [0.1, 0.15) is 18.2 Å². The van der Waals surface area contributed by atoms with Crippen LogP contribution in [0, 0.1) is 27.7 Å². The number of ether oxygens (including phenoxy) is 1. The molecular weight excluding hydrogens is 224 g/mol. The van der Waals surface area contributed by atoms with Crippen LogP contribution in [0.2, 0.25) is 0 Å². The Bertz CT molecular complexity index is 543. The minimum absolute atomic E-state index is 0.669. The van der Waals surface area contributed by atoms with Crippen molar-refractivity contribution < 1.29 is 4.74 Å². The Morgan fingerprint density at radius 3 is 2.50 bits per heavy atom. The molecule has 0 unspecified atom stereocenters. The average Bonchev–Trinajstić information content (AvgIpc) is 2.74. The highest BCUT2D eigenvalue weighted by Crippen LogP contribution is 2.25. The van der Waals surface area contributed by atoms with Crippen molar-refractivity contribution in [3.63, 3.8) is 0 Å². The van der Waals surface area contributed by atoms with E-state index in [1.807, 2.05) is 19.3 Å². The third kappa shape index (κ3) is 2.55. The summed E-state index contributed by atoms with van der Waals surface area (Å²) in [5.74, 6) is 2.05. The number of benzene rings is 1. The number of imidazole rings is 1. The van der Waals surface area contributed by atoms with Crippen molar-refractivity contribution in [1.29, 1.82) is 0 Å². The molecule has 0 saturated carbocycles. The van der Waals surface area contributed by atoms with Gasteiger partial charge < -0.3 is 9.30 Å². The Balaban J connectivity index is 2.03. The van der Waals surface area contributed by atoms with Crippen LogP contribution in [-0.4, -0.2) is 16.2 Å². The first-order valence-corrected chi connectivity index (χ1v) is 6.27. The first-order chi connectivity index (χ1) is 8.59. The monoisotopic (exact) mass is 244 g/mol. The van der Waals surface area contributed by atoms with Gasteiger partial charge in [-0.05, 0) is 44.4 Å². The van der Waals surface area contributed by atoms with Gasteiger partial charge in [-0.15, -0.1) is 0 Å². The van der Waals surface area contributed by atoms with Gasteiger partial charge in [-0.25, -0.2) is 4.98 Å². The summed E-state index contributed by atoms with van der Waals surface area (Å²) >= 11 is 0. The van der Waals surface area contributed by atoms with Crippen molar-refractivity contribution in [2.45, 2.75) is 34.2 Å². The van der Waals surface area contributed by atoms with E-state index < -0.39 is 0 Å². The molecule has 3 nitrogen and oxygen atoms in total. The Kier molecular flexibility index (Phi) is 3.70. The number of hydrogen-bond donors (Lipinski definition) is 0. The van der Waals surface area contributed by atoms with Crippen molar-refractivity contribution in [2.24, 2.45) is 0 Å². The summed E-state index contributed by atoms with van der Waals surface area (Å²) in [6, 6.07) is 4.25. The van der Waals surface area contributed by atoms with Crippen molar-refractivity contribution in [3.05, 3.63) is 47.0 Å². The van der Waals surface area contributed by atoms with Crippen LogP contribution in [0.4, 0.5) is 0 Å². The second kappa shape index (κ2) is 5.25. The highest BCUT2D eigenvalue weighted by Gasteiger charge is 2.06. The zero-order chi connectivity index (χ0) is 13.1. The summed E-state index contributed by atoms with van der Waals surface area (Å²) in [6.07, 6.45) is 3.80. The molecule has 0 aliphatic carbocycles. The molecule has 1 aromatic carbocycles. The maximum atomic E-state index is 5.93. The quantitative estimate of drug-likeness (QED) is 0.826. The fourth-order valence-corrected chi connectivity index (χ4v) is 2.03. The number of aromatic nitrogens is 2. The van der Waals surface area contributed by atoms with Gasteiger partial charge in [-0.2, -0.15) is 0 Å². The van der Waals surface area contributed by atoms with Gasteiger partial charge >= 0.3 is 0 Å². The molecule has 96 valence electrons. The fraction of sp³-hybridized carbons (Fsp3) is 0.400. The molecular formula is C15H20N2O. The summed E-state index contributed by atoms with van der Waals surface area (Å²) < 4.78 is 8.03. The molecule has 0 saturated heterocycles.